The van der Waals surface area contributed by atoms with Gasteiger partial charge in [0.1, 0.15) is 0 Å². The van der Waals surface area contributed by atoms with E-state index in [4.69, 9.17) is 5.11 Å². The van der Waals surface area contributed by atoms with E-state index >= 15 is 0 Å². The summed E-state index contributed by atoms with van der Waals surface area (Å²) in [5.41, 5.74) is 0.241. The van der Waals surface area contributed by atoms with Crippen molar-refractivity contribution in [3.05, 3.63) is 0 Å². The van der Waals surface area contributed by atoms with Crippen LogP contribution in [0.3, 0.4) is 0 Å². The van der Waals surface area contributed by atoms with E-state index in [0.29, 0.717) is 0 Å². The molecule has 1 fully saturated rings. The lowest BCUT2D eigenvalue weighted by atomic mass is 9.76. The first-order chi connectivity index (χ1) is 8.02. The molecule has 17 heavy (non-hydrogen) atoms. The fraction of sp³-hybridized carbons (Fsp3) is 0.833. The standard InChI is InChI=1S/C12H21NO3S/c1-12(5-3-2-4-6-12)9-13-10(14)7-17-8-11(15)16/h2-9H2,1H3,(H,13,14)(H,15,16). The Bertz CT molecular complexity index is 275. The average Bonchev–Trinajstić information content (AvgIpc) is 2.27. The maximum absolute atomic E-state index is 11.5. The Labute approximate surface area is 107 Å². The zero-order chi connectivity index (χ0) is 12.7. The van der Waals surface area contributed by atoms with E-state index in [1.807, 2.05) is 0 Å². The highest BCUT2D eigenvalue weighted by atomic mass is 32.2. The zero-order valence-corrected chi connectivity index (χ0v) is 11.1. The number of carboxylic acids is 1. The lowest BCUT2D eigenvalue weighted by Gasteiger charge is -2.33. The van der Waals surface area contributed by atoms with Crippen molar-refractivity contribution >= 4 is 23.6 Å². The van der Waals surface area contributed by atoms with Crippen LogP contribution in [-0.4, -0.2) is 35.0 Å². The van der Waals surface area contributed by atoms with Gasteiger partial charge in [-0.15, -0.1) is 11.8 Å². The van der Waals surface area contributed by atoms with Crippen LogP contribution in [0, 0.1) is 5.41 Å². The smallest absolute Gasteiger partial charge is 0.313 e. The van der Waals surface area contributed by atoms with Crippen LogP contribution in [0.2, 0.25) is 0 Å². The topological polar surface area (TPSA) is 66.4 Å². The van der Waals surface area contributed by atoms with Crippen molar-refractivity contribution in [2.75, 3.05) is 18.1 Å². The zero-order valence-electron chi connectivity index (χ0n) is 10.3. The second-order valence-electron chi connectivity index (χ2n) is 5.03. The summed E-state index contributed by atoms with van der Waals surface area (Å²) in [6, 6.07) is 0. The Hall–Kier alpha value is -0.710. The Balaban J connectivity index is 2.16. The van der Waals surface area contributed by atoms with Gasteiger partial charge < -0.3 is 10.4 Å². The maximum Gasteiger partial charge on any atom is 0.313 e. The third-order valence-corrected chi connectivity index (χ3v) is 4.15. The van der Waals surface area contributed by atoms with Crippen LogP contribution < -0.4 is 5.32 Å². The number of carbonyl (C=O) groups excluding carboxylic acids is 1. The molecule has 0 radical (unpaired) electrons. The number of amides is 1. The Kier molecular flexibility index (Phi) is 5.82. The van der Waals surface area contributed by atoms with Crippen LogP contribution in [0.5, 0.6) is 0 Å². The van der Waals surface area contributed by atoms with Crippen LogP contribution in [0.15, 0.2) is 0 Å². The molecule has 0 aromatic heterocycles. The lowest BCUT2D eigenvalue weighted by Crippen LogP contribution is -2.37. The summed E-state index contributed by atoms with van der Waals surface area (Å²) in [7, 11) is 0. The minimum atomic E-state index is -0.873. The van der Waals surface area contributed by atoms with Crippen molar-refractivity contribution in [3.8, 4) is 0 Å². The highest BCUT2D eigenvalue weighted by Crippen LogP contribution is 2.34. The molecule has 0 aliphatic heterocycles. The molecule has 1 saturated carbocycles. The number of rotatable bonds is 6. The minimum absolute atomic E-state index is 0.00924. The summed E-state index contributed by atoms with van der Waals surface area (Å²) in [6.45, 7) is 2.94. The minimum Gasteiger partial charge on any atom is -0.481 e. The quantitative estimate of drug-likeness (QED) is 0.764. The van der Waals surface area contributed by atoms with Gasteiger partial charge in [0.05, 0.1) is 11.5 Å². The van der Waals surface area contributed by atoms with E-state index in [1.54, 1.807) is 0 Å². The molecule has 0 aromatic carbocycles. The molecule has 1 aliphatic carbocycles. The number of nitrogens with one attached hydrogen (secondary N) is 1. The highest BCUT2D eigenvalue weighted by Gasteiger charge is 2.26. The largest absolute Gasteiger partial charge is 0.481 e. The van der Waals surface area contributed by atoms with Gasteiger partial charge in [-0.2, -0.15) is 0 Å². The number of hydrogen-bond donors (Lipinski definition) is 2. The third-order valence-electron chi connectivity index (χ3n) is 3.23. The number of hydrogen-bond acceptors (Lipinski definition) is 3. The van der Waals surface area contributed by atoms with Crippen molar-refractivity contribution in [1.29, 1.82) is 0 Å². The van der Waals surface area contributed by atoms with Gasteiger partial charge in [0.25, 0.3) is 0 Å². The fourth-order valence-corrected chi connectivity index (χ4v) is 2.74. The first-order valence-electron chi connectivity index (χ1n) is 6.08. The van der Waals surface area contributed by atoms with Crippen LogP contribution in [0.4, 0.5) is 0 Å². The molecule has 0 aromatic rings. The predicted octanol–water partition coefficient (Wildman–Crippen LogP) is 1.89. The fourth-order valence-electron chi connectivity index (χ4n) is 2.18. The molecular weight excluding hydrogens is 238 g/mol. The molecule has 98 valence electrons. The lowest BCUT2D eigenvalue weighted by molar-refractivity contribution is -0.133. The van der Waals surface area contributed by atoms with Gasteiger partial charge in [-0.25, -0.2) is 0 Å². The second-order valence-corrected chi connectivity index (χ2v) is 6.02. The van der Waals surface area contributed by atoms with Gasteiger partial charge in [-0.1, -0.05) is 26.2 Å². The number of thioether (sulfide) groups is 1. The van der Waals surface area contributed by atoms with Crippen LogP contribution in [0.1, 0.15) is 39.0 Å². The first kappa shape index (κ1) is 14.4. The Morgan fingerprint density at radius 1 is 1.24 bits per heavy atom. The van der Waals surface area contributed by atoms with E-state index in [9.17, 15) is 9.59 Å². The van der Waals surface area contributed by atoms with Gasteiger partial charge in [-0.05, 0) is 18.3 Å². The van der Waals surface area contributed by atoms with Crippen molar-refractivity contribution in [2.24, 2.45) is 5.41 Å². The average molecular weight is 259 g/mol. The van der Waals surface area contributed by atoms with E-state index in [2.05, 4.69) is 12.2 Å². The van der Waals surface area contributed by atoms with Crippen LogP contribution in [-0.2, 0) is 9.59 Å². The second kappa shape index (κ2) is 6.89. The summed E-state index contributed by atoms with van der Waals surface area (Å²) in [5, 5.41) is 11.4. The van der Waals surface area contributed by atoms with Gasteiger partial charge in [0, 0.05) is 6.54 Å². The van der Waals surface area contributed by atoms with Gasteiger partial charge >= 0.3 is 5.97 Å². The maximum atomic E-state index is 11.5. The molecule has 0 saturated heterocycles. The van der Waals surface area contributed by atoms with Crippen molar-refractivity contribution in [3.63, 3.8) is 0 Å². The molecular formula is C12H21NO3S. The molecule has 0 spiro atoms. The van der Waals surface area contributed by atoms with E-state index < -0.39 is 5.97 Å². The SMILES string of the molecule is CC1(CNC(=O)CSCC(=O)O)CCCCC1. The summed E-state index contributed by atoms with van der Waals surface area (Å²) in [6.07, 6.45) is 6.16. The summed E-state index contributed by atoms with van der Waals surface area (Å²) in [5.74, 6) is -0.697. The van der Waals surface area contributed by atoms with E-state index in [-0.39, 0.29) is 22.8 Å². The molecule has 1 rings (SSSR count). The number of carboxylic acid groups (broad SMARTS) is 1. The van der Waals surface area contributed by atoms with E-state index in [0.717, 1.165) is 18.3 Å². The Morgan fingerprint density at radius 3 is 2.47 bits per heavy atom. The molecule has 2 N–H and O–H groups in total. The van der Waals surface area contributed by atoms with Crippen molar-refractivity contribution in [2.45, 2.75) is 39.0 Å². The van der Waals surface area contributed by atoms with Gasteiger partial charge in [0.2, 0.25) is 5.91 Å². The first-order valence-corrected chi connectivity index (χ1v) is 7.24. The monoisotopic (exact) mass is 259 g/mol. The summed E-state index contributed by atoms with van der Waals surface area (Å²) >= 11 is 1.14. The van der Waals surface area contributed by atoms with Crippen LogP contribution >= 0.6 is 11.8 Å². The van der Waals surface area contributed by atoms with Crippen LogP contribution in [0.25, 0.3) is 0 Å². The predicted molar refractivity (Wildman–Crippen MR) is 69.2 cm³/mol. The molecule has 1 aliphatic rings. The summed E-state index contributed by atoms with van der Waals surface area (Å²) < 4.78 is 0. The Morgan fingerprint density at radius 2 is 1.88 bits per heavy atom. The molecule has 0 unspecified atom stereocenters. The van der Waals surface area contributed by atoms with Crippen molar-refractivity contribution in [1.82, 2.24) is 5.32 Å². The normalized spacial score (nSPS) is 18.6. The molecule has 0 heterocycles. The summed E-state index contributed by atoms with van der Waals surface area (Å²) in [4.78, 5) is 21.8. The molecule has 5 heteroatoms. The molecule has 0 atom stereocenters. The number of carbonyl (C=O) groups is 2. The number of aliphatic carboxylic acids is 1. The molecule has 1 amide bonds. The van der Waals surface area contributed by atoms with Gasteiger partial charge in [-0.3, -0.25) is 9.59 Å². The third kappa shape index (κ3) is 5.96. The molecule has 4 nitrogen and oxygen atoms in total. The molecule has 0 bridgehead atoms. The van der Waals surface area contributed by atoms with E-state index in [1.165, 1.54) is 32.1 Å². The highest BCUT2D eigenvalue weighted by molar-refractivity contribution is 8.00. The van der Waals surface area contributed by atoms with Gasteiger partial charge in [0.15, 0.2) is 0 Å². The van der Waals surface area contributed by atoms with Crippen molar-refractivity contribution < 1.29 is 14.7 Å².